The third-order valence-corrected chi connectivity index (χ3v) is 17.0. The number of piperazine rings is 1. The minimum Gasteiger partial charge on any atom is -0.370 e. The maximum Gasteiger partial charge on any atom is 0.264 e. The van der Waals surface area contributed by atoms with Crippen molar-refractivity contribution in [1.82, 2.24) is 44.1 Å². The lowest BCUT2D eigenvalue weighted by Crippen LogP contribution is -2.53. The number of fused-ring (bicyclic) bond motifs is 4. The number of piperidine rings is 3. The monoisotopic (exact) mass is 999 g/mol. The number of hydrogen-bond donors (Lipinski definition) is 2. The highest BCUT2D eigenvalue weighted by Gasteiger charge is 2.45. The summed E-state index contributed by atoms with van der Waals surface area (Å²) < 4.78 is 35.7. The SMILES string of the molecule is CC(=O)N1CCc2c(c(N3CCCc4cc(-c5cc6nccn6cc5N5CCC(CN6CCN(c7ccc8c(c7)C(O)N(C7CCC(=O)NC7=O)C8=O)CC6)CC5)c(C(F)F)cc43)nn2C2CCN(C)CC2)C1. The summed E-state index contributed by atoms with van der Waals surface area (Å²) in [4.78, 5) is 69.8. The first-order valence-electron chi connectivity index (χ1n) is 26.3. The zero-order valence-corrected chi connectivity index (χ0v) is 41.7. The molecule has 2 N–H and O–H groups in total. The van der Waals surface area contributed by atoms with Crippen molar-refractivity contribution in [2.75, 3.05) is 93.7 Å². The number of nitrogens with zero attached hydrogens (tertiary/aromatic N) is 11. The molecule has 4 fully saturated rings. The molecule has 7 aliphatic rings. The Morgan fingerprint density at radius 3 is 2.38 bits per heavy atom. The van der Waals surface area contributed by atoms with Crippen LogP contribution < -0.4 is 20.0 Å². The highest BCUT2D eigenvalue weighted by atomic mass is 19.3. The Hall–Kier alpha value is -6.44. The van der Waals surface area contributed by atoms with Crippen molar-refractivity contribution in [3.8, 4) is 11.1 Å². The molecule has 2 aromatic carbocycles. The molecular formula is C54H64F2N12O5. The molecule has 19 heteroatoms. The van der Waals surface area contributed by atoms with Crippen LogP contribution in [0.2, 0.25) is 0 Å². The van der Waals surface area contributed by atoms with E-state index in [-0.39, 0.29) is 36.3 Å². The van der Waals surface area contributed by atoms with E-state index in [0.717, 1.165) is 143 Å². The highest BCUT2D eigenvalue weighted by molar-refractivity contribution is 6.06. The molecule has 73 heavy (non-hydrogen) atoms. The molecule has 0 bridgehead atoms. The lowest BCUT2D eigenvalue weighted by atomic mass is 9.90. The van der Waals surface area contributed by atoms with E-state index in [2.05, 4.69) is 52.7 Å². The molecular weight excluding hydrogens is 935 g/mol. The number of likely N-dealkylation sites (tertiary alicyclic amines) is 1. The lowest BCUT2D eigenvalue weighted by molar-refractivity contribution is -0.139. The van der Waals surface area contributed by atoms with Crippen LogP contribution in [-0.2, 0) is 33.8 Å². The Labute approximate surface area is 423 Å². The topological polar surface area (TPSA) is 158 Å². The van der Waals surface area contributed by atoms with Crippen molar-refractivity contribution in [3.63, 3.8) is 0 Å². The van der Waals surface area contributed by atoms with E-state index >= 15 is 8.78 Å². The van der Waals surface area contributed by atoms with E-state index in [9.17, 15) is 24.3 Å². The van der Waals surface area contributed by atoms with Gasteiger partial charge in [0, 0.05) is 142 Å². The number of amides is 4. The first kappa shape index (κ1) is 47.6. The van der Waals surface area contributed by atoms with E-state index < -0.39 is 30.5 Å². The number of carbonyl (C=O) groups is 4. The number of aryl methyl sites for hydroxylation is 1. The van der Waals surface area contributed by atoms with Crippen molar-refractivity contribution in [1.29, 1.82) is 0 Å². The average Bonchev–Trinajstić information content (AvgIpc) is 4.09. The molecule has 2 atom stereocenters. The Morgan fingerprint density at radius 2 is 1.63 bits per heavy atom. The molecule has 0 radical (unpaired) electrons. The standard InChI is InChI=1S/C54H64F2N12O5/c1-33(69)64-20-13-44-43(31-64)51(59-68(44)36-11-16-60(2)17-12-36)66-15-3-4-35-26-39(41(50(55)56)28-46(35)66)40-29-48-57-14-21-65(48)32-47(40)63-18-9-34(10-19-63)30-61-22-24-62(25-23-61)37-5-6-38-42(27-37)54(73)67(53(38)72)45-7-8-49(70)58-52(45)71/h5-6,14,21,26-29,32,34,36,45,50,54,73H,3-4,7-13,15-20,22-25,30-31H2,1-2H3,(H,58,70,71). The molecule has 17 nitrogen and oxygen atoms in total. The number of pyridine rings is 1. The number of nitrogens with one attached hydrogen (secondary N) is 1. The summed E-state index contributed by atoms with van der Waals surface area (Å²) in [5.74, 6) is -0.0691. The first-order valence-corrected chi connectivity index (χ1v) is 26.3. The average molecular weight is 999 g/mol. The van der Waals surface area contributed by atoms with Gasteiger partial charge in [-0.3, -0.25) is 39.0 Å². The van der Waals surface area contributed by atoms with Gasteiger partial charge in [0.05, 0.1) is 18.3 Å². The predicted octanol–water partition coefficient (Wildman–Crippen LogP) is 5.68. The molecule has 0 saturated carbocycles. The normalized spacial score (nSPS) is 22.7. The zero-order chi connectivity index (χ0) is 50.2. The number of imidazole rings is 1. The number of carbonyl (C=O) groups excluding carboxylic acids is 4. The second-order valence-electron chi connectivity index (χ2n) is 21.4. The van der Waals surface area contributed by atoms with E-state index in [1.165, 1.54) is 10.6 Å². The molecule has 384 valence electrons. The Kier molecular flexibility index (Phi) is 12.5. The second-order valence-corrected chi connectivity index (χ2v) is 21.4. The van der Waals surface area contributed by atoms with Crippen LogP contribution in [-0.4, -0.2) is 153 Å². The third kappa shape index (κ3) is 8.69. The van der Waals surface area contributed by atoms with Crippen LogP contribution in [0.3, 0.4) is 0 Å². The van der Waals surface area contributed by atoms with Crippen molar-refractivity contribution in [2.45, 2.75) is 96.0 Å². The minimum absolute atomic E-state index is 0.00966. The largest absolute Gasteiger partial charge is 0.370 e. The minimum atomic E-state index is -2.73. The fraction of sp³-hybridized carbons (Fsp3) is 0.519. The summed E-state index contributed by atoms with van der Waals surface area (Å²) in [6, 6.07) is 10.6. The predicted molar refractivity (Wildman–Crippen MR) is 271 cm³/mol. The van der Waals surface area contributed by atoms with Crippen LogP contribution in [0.25, 0.3) is 16.8 Å². The van der Waals surface area contributed by atoms with Gasteiger partial charge < -0.3 is 34.0 Å². The molecule has 2 unspecified atom stereocenters. The second kappa shape index (κ2) is 19.1. The number of aliphatic hydroxyl groups excluding tert-OH is 1. The molecule has 0 spiro atoms. The van der Waals surface area contributed by atoms with Crippen LogP contribution in [0, 0.1) is 5.92 Å². The summed E-state index contributed by atoms with van der Waals surface area (Å²) in [5.41, 5.74) is 8.66. The number of aliphatic hydroxyl groups is 1. The van der Waals surface area contributed by atoms with Gasteiger partial charge in [-0.25, -0.2) is 13.8 Å². The number of imide groups is 1. The molecule has 12 rings (SSSR count). The number of hydrogen-bond acceptors (Lipinski definition) is 12. The number of benzene rings is 2. The first-order chi connectivity index (χ1) is 35.4. The van der Waals surface area contributed by atoms with Crippen molar-refractivity contribution in [3.05, 3.63) is 88.5 Å². The van der Waals surface area contributed by atoms with E-state index in [4.69, 9.17) is 5.10 Å². The van der Waals surface area contributed by atoms with Gasteiger partial charge in [-0.2, -0.15) is 5.10 Å². The van der Waals surface area contributed by atoms with E-state index in [1.807, 2.05) is 39.8 Å². The number of rotatable bonds is 9. The lowest BCUT2D eigenvalue weighted by Gasteiger charge is -2.40. The summed E-state index contributed by atoms with van der Waals surface area (Å²) in [7, 11) is 2.15. The molecule has 5 aromatic rings. The van der Waals surface area contributed by atoms with Crippen LogP contribution in [0.4, 0.5) is 31.7 Å². The smallest absolute Gasteiger partial charge is 0.264 e. The Balaban J connectivity index is 0.750. The van der Waals surface area contributed by atoms with Crippen molar-refractivity contribution >= 4 is 52.2 Å². The Bertz CT molecular complexity index is 2990. The molecule has 3 aromatic heterocycles. The molecule has 4 amide bonds. The summed E-state index contributed by atoms with van der Waals surface area (Å²) >= 11 is 0. The zero-order valence-electron chi connectivity index (χ0n) is 41.7. The van der Waals surface area contributed by atoms with Gasteiger partial charge in [0.15, 0.2) is 12.0 Å². The fourth-order valence-electron chi connectivity index (χ4n) is 12.9. The van der Waals surface area contributed by atoms with Crippen LogP contribution in [0.1, 0.15) is 109 Å². The van der Waals surface area contributed by atoms with Gasteiger partial charge in [-0.1, -0.05) is 0 Å². The van der Waals surface area contributed by atoms with Gasteiger partial charge in [-0.15, -0.1) is 0 Å². The Morgan fingerprint density at radius 1 is 0.836 bits per heavy atom. The van der Waals surface area contributed by atoms with Crippen molar-refractivity contribution < 1.29 is 33.1 Å². The van der Waals surface area contributed by atoms with E-state index in [1.54, 1.807) is 25.3 Å². The maximum absolute atomic E-state index is 15.7. The summed E-state index contributed by atoms with van der Waals surface area (Å²) in [6.45, 7) is 11.1. The molecule has 0 aliphatic carbocycles. The highest BCUT2D eigenvalue weighted by Crippen LogP contribution is 2.46. The maximum atomic E-state index is 15.7. The van der Waals surface area contributed by atoms with Gasteiger partial charge >= 0.3 is 0 Å². The summed E-state index contributed by atoms with van der Waals surface area (Å²) in [5, 5.41) is 18.9. The van der Waals surface area contributed by atoms with E-state index in [0.29, 0.717) is 47.9 Å². The molecule has 7 aliphatic heterocycles. The number of halogens is 2. The van der Waals surface area contributed by atoms with Gasteiger partial charge in [0.25, 0.3) is 12.3 Å². The number of aromatic nitrogens is 4. The van der Waals surface area contributed by atoms with Gasteiger partial charge in [0.2, 0.25) is 17.7 Å². The molecule has 10 heterocycles. The van der Waals surface area contributed by atoms with Gasteiger partial charge in [0.1, 0.15) is 11.7 Å². The molecule has 4 saturated heterocycles. The summed E-state index contributed by atoms with van der Waals surface area (Å²) in [6.07, 6.45) is 8.21. The number of anilines is 4. The number of alkyl halides is 2. The third-order valence-electron chi connectivity index (χ3n) is 17.0. The quantitative estimate of drug-likeness (QED) is 0.175. The van der Waals surface area contributed by atoms with Crippen LogP contribution >= 0.6 is 0 Å². The van der Waals surface area contributed by atoms with Crippen LogP contribution in [0.15, 0.2) is 55.0 Å². The fourth-order valence-corrected chi connectivity index (χ4v) is 12.9. The van der Waals surface area contributed by atoms with Crippen molar-refractivity contribution in [2.24, 2.45) is 5.92 Å². The van der Waals surface area contributed by atoms with Gasteiger partial charge in [-0.05, 0) is 119 Å². The van der Waals surface area contributed by atoms with Crippen LogP contribution in [0.5, 0.6) is 0 Å².